The number of hydrogen-bond acceptors (Lipinski definition) is 2. The molecule has 0 heterocycles. The number of carbonyl (C=O) groups is 1. The maximum Gasteiger partial charge on any atom is 0.250 e. The molecule has 0 aromatic heterocycles. The maximum absolute atomic E-state index is 11.7. The standard InChI is InChI=1S/C13H18N2O/c1-3-5-10(2)13(16)15-12-7-4-6-11(8-12)9-14/h4-8H,3,9,14H2,1-2H3,(H,15,16). The zero-order chi connectivity index (χ0) is 12.0. The fraction of sp³-hybridized carbons (Fsp3) is 0.308. The van der Waals surface area contributed by atoms with Gasteiger partial charge in [0.1, 0.15) is 0 Å². The molecule has 1 aromatic rings. The van der Waals surface area contributed by atoms with Gasteiger partial charge in [0.25, 0.3) is 5.91 Å². The first-order valence-electron chi connectivity index (χ1n) is 5.44. The molecule has 3 N–H and O–H groups in total. The molecule has 86 valence electrons. The van der Waals surface area contributed by atoms with Crippen molar-refractivity contribution < 1.29 is 4.79 Å². The molecule has 16 heavy (non-hydrogen) atoms. The van der Waals surface area contributed by atoms with E-state index in [1.807, 2.05) is 44.2 Å². The number of hydrogen-bond donors (Lipinski definition) is 2. The van der Waals surface area contributed by atoms with Crippen molar-refractivity contribution in [3.8, 4) is 0 Å². The zero-order valence-electron chi connectivity index (χ0n) is 9.79. The van der Waals surface area contributed by atoms with Gasteiger partial charge < -0.3 is 11.1 Å². The minimum absolute atomic E-state index is 0.0592. The predicted molar refractivity (Wildman–Crippen MR) is 67.0 cm³/mol. The van der Waals surface area contributed by atoms with E-state index in [4.69, 9.17) is 5.73 Å². The summed E-state index contributed by atoms with van der Waals surface area (Å²) in [5, 5.41) is 2.84. The summed E-state index contributed by atoms with van der Waals surface area (Å²) < 4.78 is 0. The van der Waals surface area contributed by atoms with Gasteiger partial charge in [-0.25, -0.2) is 0 Å². The Morgan fingerprint density at radius 3 is 2.88 bits per heavy atom. The van der Waals surface area contributed by atoms with Crippen molar-refractivity contribution in [3.63, 3.8) is 0 Å². The Hall–Kier alpha value is -1.61. The second kappa shape index (κ2) is 6.08. The van der Waals surface area contributed by atoms with Crippen molar-refractivity contribution in [2.75, 3.05) is 5.32 Å². The summed E-state index contributed by atoms with van der Waals surface area (Å²) in [6.07, 6.45) is 2.77. The SMILES string of the molecule is CCC=C(C)C(=O)Nc1cccc(CN)c1. The highest BCUT2D eigenvalue weighted by molar-refractivity contribution is 6.03. The third-order valence-electron chi connectivity index (χ3n) is 2.29. The number of rotatable bonds is 4. The summed E-state index contributed by atoms with van der Waals surface area (Å²) in [5.41, 5.74) is 8.07. The third-order valence-corrected chi connectivity index (χ3v) is 2.29. The van der Waals surface area contributed by atoms with Gasteiger partial charge in [-0.1, -0.05) is 25.1 Å². The Balaban J connectivity index is 2.73. The van der Waals surface area contributed by atoms with Gasteiger partial charge in [0, 0.05) is 17.8 Å². The molecule has 0 aliphatic heterocycles. The molecule has 0 radical (unpaired) electrons. The fourth-order valence-corrected chi connectivity index (χ4v) is 1.40. The van der Waals surface area contributed by atoms with Crippen LogP contribution in [0.1, 0.15) is 25.8 Å². The molecule has 1 amide bonds. The van der Waals surface area contributed by atoms with E-state index in [1.165, 1.54) is 0 Å². The van der Waals surface area contributed by atoms with Gasteiger partial charge in [-0.15, -0.1) is 0 Å². The van der Waals surface area contributed by atoms with Gasteiger partial charge in [0.2, 0.25) is 0 Å². The molecular formula is C13H18N2O. The second-order valence-corrected chi connectivity index (χ2v) is 3.65. The number of anilines is 1. The van der Waals surface area contributed by atoms with Crippen molar-refractivity contribution in [1.29, 1.82) is 0 Å². The van der Waals surface area contributed by atoms with Crippen LogP contribution in [0.2, 0.25) is 0 Å². The first-order valence-corrected chi connectivity index (χ1v) is 5.44. The van der Waals surface area contributed by atoms with E-state index in [2.05, 4.69) is 5.32 Å². The van der Waals surface area contributed by atoms with E-state index in [0.29, 0.717) is 6.54 Å². The minimum atomic E-state index is -0.0592. The number of nitrogens with two attached hydrogens (primary N) is 1. The minimum Gasteiger partial charge on any atom is -0.326 e. The van der Waals surface area contributed by atoms with Crippen LogP contribution in [0, 0.1) is 0 Å². The number of carbonyl (C=O) groups excluding carboxylic acids is 1. The van der Waals surface area contributed by atoms with Crippen LogP contribution in [0.15, 0.2) is 35.9 Å². The van der Waals surface area contributed by atoms with Crippen molar-refractivity contribution in [2.45, 2.75) is 26.8 Å². The lowest BCUT2D eigenvalue weighted by molar-refractivity contribution is -0.112. The number of amides is 1. The first-order chi connectivity index (χ1) is 7.67. The molecule has 0 unspecified atom stereocenters. The molecule has 0 fully saturated rings. The van der Waals surface area contributed by atoms with Crippen LogP contribution in [0.3, 0.4) is 0 Å². The largest absolute Gasteiger partial charge is 0.326 e. The zero-order valence-corrected chi connectivity index (χ0v) is 9.79. The first kappa shape index (κ1) is 12.5. The quantitative estimate of drug-likeness (QED) is 0.763. The van der Waals surface area contributed by atoms with Crippen LogP contribution in [-0.4, -0.2) is 5.91 Å². The highest BCUT2D eigenvalue weighted by Gasteiger charge is 2.03. The van der Waals surface area contributed by atoms with Gasteiger partial charge in [0.15, 0.2) is 0 Å². The molecule has 1 aromatic carbocycles. The fourth-order valence-electron chi connectivity index (χ4n) is 1.40. The predicted octanol–water partition coefficient (Wildman–Crippen LogP) is 2.44. The normalized spacial score (nSPS) is 11.3. The van der Waals surface area contributed by atoms with Gasteiger partial charge in [-0.3, -0.25) is 4.79 Å². The Bertz CT molecular complexity index is 397. The maximum atomic E-state index is 11.7. The Kier molecular flexibility index (Phi) is 4.73. The van der Waals surface area contributed by atoms with Crippen LogP contribution in [0.5, 0.6) is 0 Å². The van der Waals surface area contributed by atoms with Gasteiger partial charge in [-0.2, -0.15) is 0 Å². The Labute approximate surface area is 96.3 Å². The number of nitrogens with one attached hydrogen (secondary N) is 1. The van der Waals surface area contributed by atoms with E-state index < -0.39 is 0 Å². The van der Waals surface area contributed by atoms with E-state index in [9.17, 15) is 4.79 Å². The average Bonchev–Trinajstić information content (AvgIpc) is 2.29. The lowest BCUT2D eigenvalue weighted by Crippen LogP contribution is -2.12. The Morgan fingerprint density at radius 1 is 1.50 bits per heavy atom. The van der Waals surface area contributed by atoms with Crippen molar-refractivity contribution in [1.82, 2.24) is 0 Å². The average molecular weight is 218 g/mol. The molecule has 1 rings (SSSR count). The summed E-state index contributed by atoms with van der Waals surface area (Å²) >= 11 is 0. The van der Waals surface area contributed by atoms with E-state index in [-0.39, 0.29) is 5.91 Å². The van der Waals surface area contributed by atoms with Crippen LogP contribution in [0.4, 0.5) is 5.69 Å². The molecule has 0 spiro atoms. The highest BCUT2D eigenvalue weighted by atomic mass is 16.1. The highest BCUT2D eigenvalue weighted by Crippen LogP contribution is 2.11. The van der Waals surface area contributed by atoms with Crippen molar-refractivity contribution >= 4 is 11.6 Å². The van der Waals surface area contributed by atoms with Crippen LogP contribution in [0.25, 0.3) is 0 Å². The molecule has 0 aliphatic rings. The number of allylic oxidation sites excluding steroid dienone is 1. The van der Waals surface area contributed by atoms with Gasteiger partial charge in [0.05, 0.1) is 0 Å². The summed E-state index contributed by atoms with van der Waals surface area (Å²) in [7, 11) is 0. The monoisotopic (exact) mass is 218 g/mol. The molecule has 3 nitrogen and oxygen atoms in total. The van der Waals surface area contributed by atoms with E-state index in [1.54, 1.807) is 0 Å². The summed E-state index contributed by atoms with van der Waals surface area (Å²) in [5.74, 6) is -0.0592. The molecule has 0 atom stereocenters. The molecule has 0 saturated carbocycles. The molecule has 0 saturated heterocycles. The second-order valence-electron chi connectivity index (χ2n) is 3.65. The Morgan fingerprint density at radius 2 is 2.25 bits per heavy atom. The van der Waals surface area contributed by atoms with E-state index in [0.717, 1.165) is 23.2 Å². The smallest absolute Gasteiger partial charge is 0.250 e. The molecule has 0 aliphatic carbocycles. The topological polar surface area (TPSA) is 55.1 Å². The summed E-state index contributed by atoms with van der Waals surface area (Å²) in [4.78, 5) is 11.7. The van der Waals surface area contributed by atoms with Crippen molar-refractivity contribution in [3.05, 3.63) is 41.5 Å². The van der Waals surface area contributed by atoms with Crippen molar-refractivity contribution in [2.24, 2.45) is 5.73 Å². The van der Waals surface area contributed by atoms with Gasteiger partial charge >= 0.3 is 0 Å². The van der Waals surface area contributed by atoms with Crippen LogP contribution < -0.4 is 11.1 Å². The number of benzene rings is 1. The van der Waals surface area contributed by atoms with Crippen LogP contribution >= 0.6 is 0 Å². The summed E-state index contributed by atoms with van der Waals surface area (Å²) in [6, 6.07) is 7.56. The van der Waals surface area contributed by atoms with Crippen LogP contribution in [-0.2, 0) is 11.3 Å². The van der Waals surface area contributed by atoms with Gasteiger partial charge in [-0.05, 0) is 31.0 Å². The lowest BCUT2D eigenvalue weighted by Gasteiger charge is -2.06. The third kappa shape index (κ3) is 3.51. The van der Waals surface area contributed by atoms with E-state index >= 15 is 0 Å². The summed E-state index contributed by atoms with van der Waals surface area (Å²) in [6.45, 7) is 4.30. The molecule has 3 heteroatoms. The lowest BCUT2D eigenvalue weighted by atomic mass is 10.2. The molecular weight excluding hydrogens is 200 g/mol. The molecule has 0 bridgehead atoms.